The summed E-state index contributed by atoms with van der Waals surface area (Å²) in [7, 11) is 1.79. The number of aromatic nitrogens is 2. The van der Waals surface area contributed by atoms with E-state index in [1.54, 1.807) is 41.7 Å². The fraction of sp³-hybridized carbons (Fsp3) is 0.400. The first-order chi connectivity index (χ1) is 10.1. The zero-order valence-corrected chi connectivity index (χ0v) is 13.4. The van der Waals surface area contributed by atoms with Crippen LogP contribution in [-0.4, -0.2) is 34.4 Å². The lowest BCUT2D eigenvalue weighted by atomic mass is 10.2. The van der Waals surface area contributed by atoms with Crippen LogP contribution in [0, 0.1) is 6.92 Å². The number of anilines is 1. The fourth-order valence-electron chi connectivity index (χ4n) is 1.98. The van der Waals surface area contributed by atoms with E-state index in [1.165, 1.54) is 0 Å². The highest BCUT2D eigenvalue weighted by molar-refractivity contribution is 7.09. The van der Waals surface area contributed by atoms with Gasteiger partial charge in [-0.15, -0.1) is 11.3 Å². The molecule has 0 spiro atoms. The number of carbonyl (C=O) groups excluding carboxylic acids is 1. The van der Waals surface area contributed by atoms with Crippen LogP contribution in [0.5, 0.6) is 0 Å². The van der Waals surface area contributed by atoms with Crippen molar-refractivity contribution in [3.8, 4) is 0 Å². The number of carbonyl (C=O) groups is 1. The maximum Gasteiger partial charge on any atom is 0.256 e. The Balaban J connectivity index is 2.11. The number of aryl methyl sites for hydroxylation is 1. The van der Waals surface area contributed by atoms with Crippen LogP contribution in [0.15, 0.2) is 23.8 Å². The number of amides is 1. The van der Waals surface area contributed by atoms with Gasteiger partial charge >= 0.3 is 0 Å². The Kier molecular flexibility index (Phi) is 5.27. The van der Waals surface area contributed by atoms with Crippen LogP contribution in [0.3, 0.4) is 0 Å². The molecule has 0 aliphatic rings. The molecule has 0 aliphatic carbocycles. The topological polar surface area (TPSA) is 58.1 Å². The molecule has 2 rings (SSSR count). The van der Waals surface area contributed by atoms with Crippen LogP contribution in [0.25, 0.3) is 0 Å². The number of pyridine rings is 1. The van der Waals surface area contributed by atoms with Crippen molar-refractivity contribution in [2.24, 2.45) is 0 Å². The lowest BCUT2D eigenvalue weighted by Crippen LogP contribution is -2.27. The third-order valence-corrected chi connectivity index (χ3v) is 3.85. The van der Waals surface area contributed by atoms with Gasteiger partial charge in [-0.3, -0.25) is 9.78 Å². The third kappa shape index (κ3) is 4.01. The maximum absolute atomic E-state index is 12.6. The van der Waals surface area contributed by atoms with Crippen molar-refractivity contribution in [2.45, 2.75) is 26.8 Å². The second-order valence-corrected chi connectivity index (χ2v) is 5.93. The summed E-state index contributed by atoms with van der Waals surface area (Å²) < 4.78 is 0. The highest BCUT2D eigenvalue weighted by Gasteiger charge is 2.16. The number of thiazole rings is 1. The first-order valence-corrected chi connectivity index (χ1v) is 7.84. The molecule has 0 aliphatic heterocycles. The summed E-state index contributed by atoms with van der Waals surface area (Å²) >= 11 is 1.60. The van der Waals surface area contributed by atoms with E-state index < -0.39 is 0 Å². The van der Waals surface area contributed by atoms with E-state index in [0.29, 0.717) is 12.1 Å². The quantitative estimate of drug-likeness (QED) is 0.891. The maximum atomic E-state index is 12.6. The standard InChI is InChI=1S/C15H20N4OS/c1-4-6-17-14-8-16-7-5-13(14)15(20)19(3)9-12-10-21-11(2)18-12/h5,7-8,10,17H,4,6,9H2,1-3H3. The number of hydrogen-bond donors (Lipinski definition) is 1. The minimum absolute atomic E-state index is 0.0262. The lowest BCUT2D eigenvalue weighted by Gasteiger charge is -2.18. The highest BCUT2D eigenvalue weighted by Crippen LogP contribution is 2.17. The smallest absolute Gasteiger partial charge is 0.256 e. The summed E-state index contributed by atoms with van der Waals surface area (Å²) in [6, 6.07) is 1.75. The van der Waals surface area contributed by atoms with Crippen molar-refractivity contribution in [2.75, 3.05) is 18.9 Å². The van der Waals surface area contributed by atoms with Gasteiger partial charge in [0.2, 0.25) is 0 Å². The summed E-state index contributed by atoms with van der Waals surface area (Å²) in [5.74, 6) is -0.0262. The van der Waals surface area contributed by atoms with E-state index in [-0.39, 0.29) is 5.91 Å². The van der Waals surface area contributed by atoms with Crippen molar-refractivity contribution in [1.82, 2.24) is 14.9 Å². The molecule has 0 saturated carbocycles. The second-order valence-electron chi connectivity index (χ2n) is 4.87. The Bertz CT molecular complexity index is 611. The Morgan fingerprint density at radius 1 is 1.48 bits per heavy atom. The molecule has 0 atom stereocenters. The minimum Gasteiger partial charge on any atom is -0.383 e. The zero-order valence-electron chi connectivity index (χ0n) is 12.6. The SMILES string of the molecule is CCCNc1cnccc1C(=O)N(C)Cc1csc(C)n1. The minimum atomic E-state index is -0.0262. The van der Waals surface area contributed by atoms with Gasteiger partial charge in [-0.1, -0.05) is 6.92 Å². The van der Waals surface area contributed by atoms with Crippen LogP contribution in [-0.2, 0) is 6.54 Å². The van der Waals surface area contributed by atoms with Gasteiger partial charge in [0.1, 0.15) is 0 Å². The normalized spacial score (nSPS) is 10.4. The monoisotopic (exact) mass is 304 g/mol. The van der Waals surface area contributed by atoms with E-state index in [9.17, 15) is 4.79 Å². The molecular weight excluding hydrogens is 284 g/mol. The molecule has 0 bridgehead atoms. The lowest BCUT2D eigenvalue weighted by molar-refractivity contribution is 0.0784. The number of hydrogen-bond acceptors (Lipinski definition) is 5. The summed E-state index contributed by atoms with van der Waals surface area (Å²) in [5.41, 5.74) is 2.35. The first kappa shape index (κ1) is 15.4. The fourth-order valence-corrected chi connectivity index (χ4v) is 2.59. The molecular formula is C15H20N4OS. The largest absolute Gasteiger partial charge is 0.383 e. The van der Waals surface area contributed by atoms with Gasteiger partial charge in [-0.2, -0.15) is 0 Å². The van der Waals surface area contributed by atoms with Gasteiger partial charge in [0.05, 0.1) is 34.7 Å². The average molecular weight is 304 g/mol. The Hall–Kier alpha value is -1.95. The molecule has 0 aromatic carbocycles. The number of rotatable bonds is 6. The van der Waals surface area contributed by atoms with Crippen LogP contribution in [0.4, 0.5) is 5.69 Å². The third-order valence-electron chi connectivity index (χ3n) is 3.03. The molecule has 1 amide bonds. The molecule has 21 heavy (non-hydrogen) atoms. The average Bonchev–Trinajstić information content (AvgIpc) is 2.89. The molecule has 2 heterocycles. The van der Waals surface area contributed by atoms with Gasteiger partial charge in [0.15, 0.2) is 0 Å². The molecule has 0 fully saturated rings. The zero-order chi connectivity index (χ0) is 15.2. The summed E-state index contributed by atoms with van der Waals surface area (Å²) in [6.45, 7) is 5.38. The Labute approximate surface area is 129 Å². The van der Waals surface area contributed by atoms with E-state index in [1.807, 2.05) is 12.3 Å². The predicted molar refractivity (Wildman–Crippen MR) is 85.7 cm³/mol. The Morgan fingerprint density at radius 2 is 2.29 bits per heavy atom. The van der Waals surface area contributed by atoms with E-state index >= 15 is 0 Å². The van der Waals surface area contributed by atoms with Gasteiger partial charge in [-0.25, -0.2) is 4.98 Å². The number of nitrogens with zero attached hydrogens (tertiary/aromatic N) is 3. The van der Waals surface area contributed by atoms with E-state index in [0.717, 1.165) is 29.4 Å². The van der Waals surface area contributed by atoms with E-state index in [4.69, 9.17) is 0 Å². The molecule has 5 nitrogen and oxygen atoms in total. The molecule has 112 valence electrons. The summed E-state index contributed by atoms with van der Waals surface area (Å²) in [4.78, 5) is 22.7. The van der Waals surface area contributed by atoms with Gasteiger partial charge < -0.3 is 10.2 Å². The van der Waals surface area contributed by atoms with Crippen LogP contribution < -0.4 is 5.32 Å². The Morgan fingerprint density at radius 3 is 2.95 bits per heavy atom. The van der Waals surface area contributed by atoms with Crippen molar-refractivity contribution in [3.63, 3.8) is 0 Å². The second kappa shape index (κ2) is 7.17. The van der Waals surface area contributed by atoms with Crippen LogP contribution in [0.1, 0.15) is 34.4 Å². The van der Waals surface area contributed by atoms with Crippen molar-refractivity contribution < 1.29 is 4.79 Å². The van der Waals surface area contributed by atoms with Crippen molar-refractivity contribution in [1.29, 1.82) is 0 Å². The summed E-state index contributed by atoms with van der Waals surface area (Å²) in [5, 5.41) is 6.25. The molecule has 1 N–H and O–H groups in total. The number of nitrogens with one attached hydrogen (secondary N) is 1. The summed E-state index contributed by atoms with van der Waals surface area (Å²) in [6.07, 6.45) is 4.34. The molecule has 0 unspecified atom stereocenters. The van der Waals surface area contributed by atoms with Crippen LogP contribution in [0.2, 0.25) is 0 Å². The van der Waals surface area contributed by atoms with Crippen molar-refractivity contribution >= 4 is 22.9 Å². The predicted octanol–water partition coefficient (Wildman–Crippen LogP) is 2.94. The molecule has 2 aromatic heterocycles. The van der Waals surface area contributed by atoms with Gasteiger partial charge in [0.25, 0.3) is 5.91 Å². The highest BCUT2D eigenvalue weighted by atomic mass is 32.1. The molecule has 2 aromatic rings. The van der Waals surface area contributed by atoms with Gasteiger partial charge in [-0.05, 0) is 19.4 Å². The van der Waals surface area contributed by atoms with Gasteiger partial charge in [0, 0.05) is 25.2 Å². The van der Waals surface area contributed by atoms with E-state index in [2.05, 4.69) is 22.2 Å². The molecule has 0 saturated heterocycles. The first-order valence-electron chi connectivity index (χ1n) is 6.96. The van der Waals surface area contributed by atoms with Crippen LogP contribution >= 0.6 is 11.3 Å². The molecule has 0 radical (unpaired) electrons. The molecule has 6 heteroatoms. The van der Waals surface area contributed by atoms with Crippen molar-refractivity contribution in [3.05, 3.63) is 40.1 Å².